The van der Waals surface area contributed by atoms with Crippen molar-refractivity contribution in [1.29, 1.82) is 0 Å². The van der Waals surface area contributed by atoms with Crippen LogP contribution in [0.2, 0.25) is 0 Å². The number of cyclic esters (lactones) is 1. The van der Waals surface area contributed by atoms with Gasteiger partial charge in [-0.3, -0.25) is 0 Å². The van der Waals surface area contributed by atoms with Crippen LogP contribution >= 0.6 is 0 Å². The number of carbonyl (C=O) groups excluding carboxylic acids is 1. The average Bonchev–Trinajstić information content (AvgIpc) is 2.78. The number of nitrogens with zero attached hydrogens (tertiary/aromatic N) is 1. The minimum Gasteiger partial charge on any atom is -0.444 e. The Bertz CT molecular complexity index is 654. The van der Waals surface area contributed by atoms with Crippen LogP contribution < -0.4 is 0 Å². The van der Waals surface area contributed by atoms with Gasteiger partial charge >= 0.3 is 6.09 Å². The molecule has 108 valence electrons. The molecule has 2 aromatic carbocycles. The lowest BCUT2D eigenvalue weighted by molar-refractivity contribution is 0.137. The van der Waals surface area contributed by atoms with Crippen LogP contribution in [0.25, 0.3) is 11.1 Å². The van der Waals surface area contributed by atoms with E-state index in [9.17, 15) is 9.18 Å². The van der Waals surface area contributed by atoms with Gasteiger partial charge in [0.25, 0.3) is 0 Å². The summed E-state index contributed by atoms with van der Waals surface area (Å²) >= 11 is 0. The number of halogens is 1. The molecule has 1 heterocycles. The summed E-state index contributed by atoms with van der Waals surface area (Å²) in [6.07, 6.45) is -0.319. The Labute approximate surface area is 123 Å². The van der Waals surface area contributed by atoms with Crippen LogP contribution in [0.3, 0.4) is 0 Å². The van der Waals surface area contributed by atoms with Gasteiger partial charge in [-0.15, -0.1) is 0 Å². The third-order valence-corrected chi connectivity index (χ3v) is 3.52. The van der Waals surface area contributed by atoms with Crippen molar-refractivity contribution in [1.82, 2.24) is 4.90 Å². The fourth-order valence-electron chi connectivity index (χ4n) is 2.49. The number of hydrogen-bond acceptors (Lipinski definition) is 2. The number of amides is 1. The van der Waals surface area contributed by atoms with E-state index in [1.165, 1.54) is 12.1 Å². The molecule has 1 aliphatic rings. The van der Waals surface area contributed by atoms with Gasteiger partial charge in [0.15, 0.2) is 0 Å². The van der Waals surface area contributed by atoms with Gasteiger partial charge in [0.2, 0.25) is 0 Å². The summed E-state index contributed by atoms with van der Waals surface area (Å²) in [5.74, 6) is -0.245. The second-order valence-corrected chi connectivity index (χ2v) is 5.28. The van der Waals surface area contributed by atoms with Gasteiger partial charge in [-0.25, -0.2) is 9.18 Å². The first-order valence-electron chi connectivity index (χ1n) is 6.92. The highest BCUT2D eigenvalue weighted by Gasteiger charge is 2.27. The van der Waals surface area contributed by atoms with Gasteiger partial charge in [-0.2, -0.15) is 0 Å². The molecular weight excluding hydrogens is 269 g/mol. The predicted molar refractivity (Wildman–Crippen MR) is 78.2 cm³/mol. The maximum atomic E-state index is 13.2. The molecule has 21 heavy (non-hydrogen) atoms. The summed E-state index contributed by atoms with van der Waals surface area (Å²) < 4.78 is 18.3. The molecule has 0 saturated carbocycles. The summed E-state index contributed by atoms with van der Waals surface area (Å²) in [7, 11) is 0. The molecule has 3 rings (SSSR count). The van der Waals surface area contributed by atoms with Crippen molar-refractivity contribution in [2.45, 2.75) is 19.6 Å². The molecule has 3 nitrogen and oxygen atoms in total. The molecule has 4 heteroatoms. The Hall–Kier alpha value is -2.36. The van der Waals surface area contributed by atoms with Crippen molar-refractivity contribution >= 4 is 6.09 Å². The van der Waals surface area contributed by atoms with E-state index >= 15 is 0 Å². The summed E-state index contributed by atoms with van der Waals surface area (Å²) in [5.41, 5.74) is 2.83. The molecule has 1 atom stereocenters. The molecule has 0 N–H and O–H groups in total. The van der Waals surface area contributed by atoms with Gasteiger partial charge in [0, 0.05) is 6.54 Å². The van der Waals surface area contributed by atoms with E-state index in [0.717, 1.165) is 16.7 Å². The average molecular weight is 285 g/mol. The molecule has 0 radical (unpaired) electrons. The smallest absolute Gasteiger partial charge is 0.410 e. The second-order valence-electron chi connectivity index (χ2n) is 5.28. The first-order chi connectivity index (χ1) is 10.1. The lowest BCUT2D eigenvalue weighted by atomic mass is 10.0. The normalized spacial score (nSPS) is 17.9. The molecule has 0 spiro atoms. The molecule has 1 aliphatic heterocycles. The standard InChI is InChI=1S/C17H16FNO2/c1-12-10-19(17(20)21-12)11-13-5-7-14(8-6-13)15-3-2-4-16(18)9-15/h2-9,12H,10-11H2,1H3/t12-/m1/s1. The Morgan fingerprint density at radius 3 is 2.57 bits per heavy atom. The third kappa shape index (κ3) is 3.05. The van der Waals surface area contributed by atoms with E-state index in [0.29, 0.717) is 13.1 Å². The van der Waals surface area contributed by atoms with Crippen LogP contribution in [-0.2, 0) is 11.3 Å². The highest BCUT2D eigenvalue weighted by Crippen LogP contribution is 2.22. The molecule has 2 aromatic rings. The highest BCUT2D eigenvalue weighted by atomic mass is 19.1. The van der Waals surface area contributed by atoms with E-state index in [-0.39, 0.29) is 18.0 Å². The van der Waals surface area contributed by atoms with Gasteiger partial charge < -0.3 is 9.64 Å². The summed E-state index contributed by atoms with van der Waals surface area (Å²) in [4.78, 5) is 13.3. The van der Waals surface area contributed by atoms with Crippen molar-refractivity contribution < 1.29 is 13.9 Å². The largest absolute Gasteiger partial charge is 0.444 e. The first-order valence-corrected chi connectivity index (χ1v) is 6.92. The lowest BCUT2D eigenvalue weighted by Crippen LogP contribution is -2.24. The Balaban J connectivity index is 1.74. The zero-order chi connectivity index (χ0) is 14.8. The summed E-state index contributed by atoms with van der Waals surface area (Å²) in [6.45, 7) is 3.03. The molecular formula is C17H16FNO2. The number of benzene rings is 2. The van der Waals surface area contributed by atoms with E-state index in [1.807, 2.05) is 37.3 Å². The summed E-state index contributed by atoms with van der Waals surface area (Å²) in [6, 6.07) is 14.3. The SMILES string of the molecule is C[C@@H]1CN(Cc2ccc(-c3cccc(F)c3)cc2)C(=O)O1. The molecule has 0 aliphatic carbocycles. The predicted octanol–water partition coefficient (Wildman–Crippen LogP) is 3.83. The van der Waals surface area contributed by atoms with Crippen molar-refractivity contribution in [2.75, 3.05) is 6.54 Å². The Kier molecular flexibility index (Phi) is 3.60. The lowest BCUT2D eigenvalue weighted by Gasteiger charge is -2.13. The molecule has 0 bridgehead atoms. The van der Waals surface area contributed by atoms with E-state index < -0.39 is 0 Å². The quantitative estimate of drug-likeness (QED) is 0.857. The maximum absolute atomic E-state index is 13.2. The second kappa shape index (κ2) is 5.56. The van der Waals surface area contributed by atoms with Crippen LogP contribution in [0.1, 0.15) is 12.5 Å². The number of ether oxygens (including phenoxy) is 1. The van der Waals surface area contributed by atoms with Crippen molar-refractivity contribution in [3.8, 4) is 11.1 Å². The van der Waals surface area contributed by atoms with E-state index in [4.69, 9.17) is 4.74 Å². The zero-order valence-corrected chi connectivity index (χ0v) is 11.8. The molecule has 0 aromatic heterocycles. The van der Waals surface area contributed by atoms with Gasteiger partial charge in [0.05, 0.1) is 6.54 Å². The zero-order valence-electron chi connectivity index (χ0n) is 11.8. The van der Waals surface area contributed by atoms with Crippen LogP contribution in [0.15, 0.2) is 48.5 Å². The fourth-order valence-corrected chi connectivity index (χ4v) is 2.49. The first kappa shape index (κ1) is 13.6. The fraction of sp³-hybridized carbons (Fsp3) is 0.235. The third-order valence-electron chi connectivity index (χ3n) is 3.52. The minimum absolute atomic E-state index is 0.0518. The number of rotatable bonds is 3. The van der Waals surface area contributed by atoms with Gasteiger partial charge in [-0.1, -0.05) is 36.4 Å². The van der Waals surface area contributed by atoms with Gasteiger partial charge in [-0.05, 0) is 35.7 Å². The molecule has 1 saturated heterocycles. The highest BCUT2D eigenvalue weighted by molar-refractivity contribution is 5.70. The van der Waals surface area contributed by atoms with Crippen molar-refractivity contribution in [2.24, 2.45) is 0 Å². The number of hydrogen-bond donors (Lipinski definition) is 0. The van der Waals surface area contributed by atoms with Crippen LogP contribution in [0.4, 0.5) is 9.18 Å². The minimum atomic E-state index is -0.267. The van der Waals surface area contributed by atoms with Crippen molar-refractivity contribution in [3.05, 3.63) is 59.9 Å². The Morgan fingerprint density at radius 1 is 1.19 bits per heavy atom. The molecule has 1 fully saturated rings. The van der Waals surface area contributed by atoms with Crippen LogP contribution in [0.5, 0.6) is 0 Å². The molecule has 1 amide bonds. The maximum Gasteiger partial charge on any atom is 0.410 e. The topological polar surface area (TPSA) is 29.5 Å². The molecule has 0 unspecified atom stereocenters. The monoisotopic (exact) mass is 285 g/mol. The number of carbonyl (C=O) groups is 1. The van der Waals surface area contributed by atoms with Crippen LogP contribution in [0, 0.1) is 5.82 Å². The van der Waals surface area contributed by atoms with E-state index in [1.54, 1.807) is 11.0 Å². The van der Waals surface area contributed by atoms with E-state index in [2.05, 4.69) is 0 Å². The Morgan fingerprint density at radius 2 is 1.95 bits per heavy atom. The van der Waals surface area contributed by atoms with Crippen LogP contribution in [-0.4, -0.2) is 23.6 Å². The van der Waals surface area contributed by atoms with Crippen molar-refractivity contribution in [3.63, 3.8) is 0 Å². The summed E-state index contributed by atoms with van der Waals surface area (Å²) in [5, 5.41) is 0. The van der Waals surface area contributed by atoms with Gasteiger partial charge in [0.1, 0.15) is 11.9 Å².